The number of hydrogen-bond donors (Lipinski definition) is 1. The topological polar surface area (TPSA) is 12.0 Å². The average Bonchev–Trinajstić information content (AvgIpc) is 2.89. The molecule has 2 aliphatic rings. The second-order valence-corrected chi connectivity index (χ2v) is 5.00. The van der Waals surface area contributed by atoms with Crippen LogP contribution in [0.15, 0.2) is 0 Å². The fourth-order valence-corrected chi connectivity index (χ4v) is 3.00. The smallest absolute Gasteiger partial charge is 0.00955 e. The predicted octanol–water partition coefficient (Wildman–Crippen LogP) is 2.81. The van der Waals surface area contributed by atoms with E-state index in [1.807, 2.05) is 0 Å². The van der Waals surface area contributed by atoms with Crippen molar-refractivity contribution < 1.29 is 0 Å². The van der Waals surface area contributed by atoms with Crippen molar-refractivity contribution in [2.75, 3.05) is 6.54 Å². The molecule has 0 bridgehead atoms. The molecule has 1 heteroatoms. The summed E-state index contributed by atoms with van der Waals surface area (Å²) in [4.78, 5) is 0. The van der Waals surface area contributed by atoms with E-state index >= 15 is 0 Å². The molecule has 0 aromatic rings. The Labute approximate surface area is 82.3 Å². The third-order valence-corrected chi connectivity index (χ3v) is 4.01. The lowest BCUT2D eigenvalue weighted by molar-refractivity contribution is 0.323. The van der Waals surface area contributed by atoms with Gasteiger partial charge in [0.25, 0.3) is 0 Å². The Morgan fingerprint density at radius 2 is 1.92 bits per heavy atom. The van der Waals surface area contributed by atoms with Crippen LogP contribution in [-0.2, 0) is 0 Å². The van der Waals surface area contributed by atoms with Crippen LogP contribution in [0.25, 0.3) is 0 Å². The molecule has 2 aliphatic carbocycles. The molecule has 76 valence electrons. The van der Waals surface area contributed by atoms with E-state index in [2.05, 4.69) is 19.2 Å². The van der Waals surface area contributed by atoms with Gasteiger partial charge < -0.3 is 5.32 Å². The zero-order valence-corrected chi connectivity index (χ0v) is 9.05. The second-order valence-electron chi connectivity index (χ2n) is 5.00. The van der Waals surface area contributed by atoms with Crippen molar-refractivity contribution >= 4 is 0 Å². The molecule has 0 aromatic carbocycles. The van der Waals surface area contributed by atoms with E-state index in [-0.39, 0.29) is 0 Å². The molecule has 0 amide bonds. The largest absolute Gasteiger partial charge is 0.314 e. The van der Waals surface area contributed by atoms with Gasteiger partial charge in [0.1, 0.15) is 0 Å². The minimum absolute atomic E-state index is 0.838. The Kier molecular flexibility index (Phi) is 2.92. The molecule has 2 saturated carbocycles. The maximum Gasteiger partial charge on any atom is 0.00955 e. The van der Waals surface area contributed by atoms with Crippen LogP contribution in [0, 0.1) is 17.8 Å². The Morgan fingerprint density at radius 3 is 2.54 bits per heavy atom. The number of rotatable bonds is 4. The molecular formula is C12H23N. The third kappa shape index (κ3) is 2.07. The molecule has 0 saturated heterocycles. The molecule has 1 nitrogen and oxygen atoms in total. The maximum atomic E-state index is 3.69. The highest BCUT2D eigenvalue weighted by molar-refractivity contribution is 4.94. The van der Waals surface area contributed by atoms with Crippen molar-refractivity contribution in [2.24, 2.45) is 17.8 Å². The normalized spacial score (nSPS) is 39.7. The van der Waals surface area contributed by atoms with Crippen LogP contribution in [0.5, 0.6) is 0 Å². The zero-order valence-electron chi connectivity index (χ0n) is 9.05. The lowest BCUT2D eigenvalue weighted by Gasteiger charge is -2.21. The highest BCUT2D eigenvalue weighted by atomic mass is 14.9. The van der Waals surface area contributed by atoms with Gasteiger partial charge in [-0.2, -0.15) is 0 Å². The van der Waals surface area contributed by atoms with E-state index in [4.69, 9.17) is 0 Å². The third-order valence-electron chi connectivity index (χ3n) is 4.01. The number of hydrogen-bond acceptors (Lipinski definition) is 1. The summed E-state index contributed by atoms with van der Waals surface area (Å²) >= 11 is 0. The van der Waals surface area contributed by atoms with Crippen LogP contribution >= 0.6 is 0 Å². The Bertz CT molecular complexity index is 163. The van der Waals surface area contributed by atoms with Gasteiger partial charge in [0.2, 0.25) is 0 Å². The van der Waals surface area contributed by atoms with Crippen LogP contribution in [0.2, 0.25) is 0 Å². The molecule has 0 radical (unpaired) electrons. The first kappa shape index (κ1) is 9.51. The first-order chi connectivity index (χ1) is 6.33. The first-order valence-corrected chi connectivity index (χ1v) is 6.06. The van der Waals surface area contributed by atoms with E-state index in [1.165, 1.54) is 38.6 Å². The van der Waals surface area contributed by atoms with Crippen molar-refractivity contribution in [2.45, 2.75) is 52.0 Å². The van der Waals surface area contributed by atoms with Gasteiger partial charge in [0.05, 0.1) is 0 Å². The van der Waals surface area contributed by atoms with Crippen molar-refractivity contribution in [1.82, 2.24) is 5.32 Å². The van der Waals surface area contributed by atoms with Crippen molar-refractivity contribution in [1.29, 1.82) is 0 Å². The maximum absolute atomic E-state index is 3.69. The summed E-state index contributed by atoms with van der Waals surface area (Å²) in [6, 6.07) is 0.838. The highest BCUT2D eigenvalue weighted by Gasteiger charge is 2.41. The Balaban J connectivity index is 1.79. The standard InChI is InChI=1S/C12H23N/c1-3-8-13-12-7-6-11(9(12)2)10-4-5-10/h9-13H,3-8H2,1-2H3. The fraction of sp³-hybridized carbons (Fsp3) is 1.00. The van der Waals surface area contributed by atoms with Crippen molar-refractivity contribution in [3.05, 3.63) is 0 Å². The molecule has 0 heterocycles. The minimum atomic E-state index is 0.838. The van der Waals surface area contributed by atoms with Crippen LogP contribution < -0.4 is 5.32 Å². The van der Waals surface area contributed by atoms with Gasteiger partial charge in [-0.25, -0.2) is 0 Å². The van der Waals surface area contributed by atoms with Crippen LogP contribution in [0.1, 0.15) is 46.0 Å². The monoisotopic (exact) mass is 181 g/mol. The molecule has 0 aromatic heterocycles. The van der Waals surface area contributed by atoms with Crippen molar-refractivity contribution in [3.63, 3.8) is 0 Å². The summed E-state index contributed by atoms with van der Waals surface area (Å²) in [5.41, 5.74) is 0. The molecular weight excluding hydrogens is 158 g/mol. The summed E-state index contributed by atoms with van der Waals surface area (Å²) < 4.78 is 0. The second kappa shape index (κ2) is 4.00. The first-order valence-electron chi connectivity index (χ1n) is 6.06. The molecule has 3 unspecified atom stereocenters. The van der Waals surface area contributed by atoms with E-state index in [9.17, 15) is 0 Å². The summed E-state index contributed by atoms with van der Waals surface area (Å²) in [5.74, 6) is 3.12. The van der Waals surface area contributed by atoms with E-state index in [0.29, 0.717) is 0 Å². The Morgan fingerprint density at radius 1 is 1.15 bits per heavy atom. The van der Waals surface area contributed by atoms with Gasteiger partial charge in [-0.15, -0.1) is 0 Å². The SMILES string of the molecule is CCCNC1CCC(C2CC2)C1C. The van der Waals surface area contributed by atoms with Gasteiger partial charge in [-0.05, 0) is 56.4 Å². The van der Waals surface area contributed by atoms with Crippen molar-refractivity contribution in [3.8, 4) is 0 Å². The van der Waals surface area contributed by atoms with Gasteiger partial charge in [0, 0.05) is 6.04 Å². The molecule has 1 N–H and O–H groups in total. The quantitative estimate of drug-likeness (QED) is 0.703. The van der Waals surface area contributed by atoms with Gasteiger partial charge >= 0.3 is 0 Å². The van der Waals surface area contributed by atoms with E-state index in [1.54, 1.807) is 0 Å². The predicted molar refractivity (Wildman–Crippen MR) is 56.7 cm³/mol. The highest BCUT2D eigenvalue weighted by Crippen LogP contribution is 2.47. The molecule has 3 atom stereocenters. The van der Waals surface area contributed by atoms with E-state index in [0.717, 1.165) is 23.8 Å². The molecule has 0 spiro atoms. The molecule has 13 heavy (non-hydrogen) atoms. The summed E-state index contributed by atoms with van der Waals surface area (Å²) in [7, 11) is 0. The van der Waals surface area contributed by atoms with Gasteiger partial charge in [-0.1, -0.05) is 13.8 Å². The number of nitrogens with one attached hydrogen (secondary N) is 1. The van der Waals surface area contributed by atoms with Crippen LogP contribution in [0.3, 0.4) is 0 Å². The fourth-order valence-electron chi connectivity index (χ4n) is 3.00. The molecule has 2 fully saturated rings. The summed E-state index contributed by atoms with van der Waals surface area (Å²) in [6.45, 7) is 5.93. The summed E-state index contributed by atoms with van der Waals surface area (Å²) in [6.07, 6.45) is 7.25. The minimum Gasteiger partial charge on any atom is -0.314 e. The average molecular weight is 181 g/mol. The Hall–Kier alpha value is -0.0400. The van der Waals surface area contributed by atoms with Crippen LogP contribution in [-0.4, -0.2) is 12.6 Å². The van der Waals surface area contributed by atoms with Gasteiger partial charge in [0.15, 0.2) is 0 Å². The lowest BCUT2D eigenvalue weighted by Crippen LogP contribution is -2.33. The van der Waals surface area contributed by atoms with E-state index < -0.39 is 0 Å². The zero-order chi connectivity index (χ0) is 9.26. The summed E-state index contributed by atoms with van der Waals surface area (Å²) in [5, 5.41) is 3.69. The van der Waals surface area contributed by atoms with Gasteiger partial charge in [-0.3, -0.25) is 0 Å². The molecule has 0 aliphatic heterocycles. The lowest BCUT2D eigenvalue weighted by atomic mass is 9.91. The van der Waals surface area contributed by atoms with Crippen LogP contribution in [0.4, 0.5) is 0 Å². The molecule has 2 rings (SSSR count).